The van der Waals surface area contributed by atoms with E-state index in [0.29, 0.717) is 11.8 Å². The van der Waals surface area contributed by atoms with Gasteiger partial charge in [0.1, 0.15) is 0 Å². The molecule has 0 unspecified atom stereocenters. The number of nitrogen functional groups attached to an aromatic ring is 1. The number of nitrogens with zero attached hydrogens (tertiary/aromatic N) is 3. The highest BCUT2D eigenvalue weighted by Crippen LogP contribution is 2.41. The summed E-state index contributed by atoms with van der Waals surface area (Å²) in [6.07, 6.45) is 2.46. The SMILES string of the molecule is C=N/N=C(/c1cc(N)cc(C2CC2)c1)N(C)N. The second kappa shape index (κ2) is 4.55. The summed E-state index contributed by atoms with van der Waals surface area (Å²) < 4.78 is 0. The zero-order valence-electron chi connectivity index (χ0n) is 9.93. The van der Waals surface area contributed by atoms with Gasteiger partial charge < -0.3 is 5.73 Å². The van der Waals surface area contributed by atoms with Crippen molar-refractivity contribution in [3.8, 4) is 0 Å². The van der Waals surface area contributed by atoms with Crippen LogP contribution in [0.1, 0.15) is 29.9 Å². The van der Waals surface area contributed by atoms with Gasteiger partial charge >= 0.3 is 0 Å². The molecule has 0 radical (unpaired) electrons. The molecule has 0 atom stereocenters. The molecule has 0 aromatic heterocycles. The Morgan fingerprint density at radius 1 is 1.41 bits per heavy atom. The summed E-state index contributed by atoms with van der Waals surface area (Å²) in [6.45, 7) is 3.35. The van der Waals surface area contributed by atoms with E-state index >= 15 is 0 Å². The van der Waals surface area contributed by atoms with E-state index in [1.165, 1.54) is 23.4 Å². The summed E-state index contributed by atoms with van der Waals surface area (Å²) in [6, 6.07) is 5.93. The average Bonchev–Trinajstić information content (AvgIpc) is 3.08. The van der Waals surface area contributed by atoms with E-state index in [9.17, 15) is 0 Å². The molecule has 0 aliphatic heterocycles. The zero-order valence-corrected chi connectivity index (χ0v) is 9.93. The summed E-state index contributed by atoms with van der Waals surface area (Å²) >= 11 is 0. The molecule has 17 heavy (non-hydrogen) atoms. The molecule has 0 bridgehead atoms. The first-order chi connectivity index (χ1) is 8.11. The van der Waals surface area contributed by atoms with Gasteiger partial charge in [-0.2, -0.15) is 5.10 Å². The first-order valence-corrected chi connectivity index (χ1v) is 5.54. The Kier molecular flexibility index (Phi) is 3.10. The van der Waals surface area contributed by atoms with Crippen LogP contribution >= 0.6 is 0 Å². The third-order valence-electron chi connectivity index (χ3n) is 2.78. The van der Waals surface area contributed by atoms with Gasteiger partial charge in [0.25, 0.3) is 0 Å². The normalized spacial score (nSPS) is 15.8. The van der Waals surface area contributed by atoms with Gasteiger partial charge in [-0.1, -0.05) is 0 Å². The Morgan fingerprint density at radius 3 is 2.65 bits per heavy atom. The highest BCUT2D eigenvalue weighted by atomic mass is 15.4. The van der Waals surface area contributed by atoms with Crippen molar-refractivity contribution in [3.05, 3.63) is 29.3 Å². The van der Waals surface area contributed by atoms with E-state index in [1.54, 1.807) is 7.05 Å². The van der Waals surface area contributed by atoms with Crippen molar-refractivity contribution in [2.24, 2.45) is 16.0 Å². The fourth-order valence-electron chi connectivity index (χ4n) is 1.86. The Morgan fingerprint density at radius 2 is 2.12 bits per heavy atom. The van der Waals surface area contributed by atoms with Crippen molar-refractivity contribution in [2.75, 3.05) is 12.8 Å². The molecule has 5 heteroatoms. The Bertz CT molecular complexity index is 460. The standard InChI is InChI=1S/C12H17N5/c1-15-16-12(17(2)14)10-5-9(8-3-4-8)6-11(13)7-10/h5-8H,1,3-4,13-14H2,2H3/b16-12-. The van der Waals surface area contributed by atoms with Gasteiger partial charge in [-0.05, 0) is 42.5 Å². The summed E-state index contributed by atoms with van der Waals surface area (Å²) in [4.78, 5) is 0. The molecule has 1 aliphatic carbocycles. The molecule has 90 valence electrons. The Balaban J connectivity index is 2.42. The van der Waals surface area contributed by atoms with Crippen LogP contribution in [-0.4, -0.2) is 24.6 Å². The third kappa shape index (κ3) is 2.62. The van der Waals surface area contributed by atoms with E-state index in [4.69, 9.17) is 11.6 Å². The topological polar surface area (TPSA) is 80.0 Å². The lowest BCUT2D eigenvalue weighted by molar-refractivity contribution is 0.537. The van der Waals surface area contributed by atoms with Crippen LogP contribution < -0.4 is 11.6 Å². The van der Waals surface area contributed by atoms with E-state index in [-0.39, 0.29) is 0 Å². The van der Waals surface area contributed by atoms with Crippen molar-refractivity contribution in [1.29, 1.82) is 0 Å². The Labute approximate surface area is 101 Å². The minimum Gasteiger partial charge on any atom is -0.399 e. The number of benzene rings is 1. The third-order valence-corrected chi connectivity index (χ3v) is 2.78. The molecule has 5 nitrogen and oxygen atoms in total. The minimum atomic E-state index is 0.564. The Hall–Kier alpha value is -1.88. The minimum absolute atomic E-state index is 0.564. The lowest BCUT2D eigenvalue weighted by Crippen LogP contribution is -2.33. The average molecular weight is 231 g/mol. The predicted octanol–water partition coefficient (Wildman–Crippen LogP) is 1.31. The number of hydrogen-bond acceptors (Lipinski definition) is 4. The first kappa shape index (κ1) is 11.6. The van der Waals surface area contributed by atoms with Crippen molar-refractivity contribution in [3.63, 3.8) is 0 Å². The smallest absolute Gasteiger partial charge is 0.172 e. The fraction of sp³-hybridized carbons (Fsp3) is 0.333. The number of rotatable bonds is 3. The number of hydrazine groups is 1. The lowest BCUT2D eigenvalue weighted by Gasteiger charge is -2.15. The van der Waals surface area contributed by atoms with Crippen LogP contribution in [0.25, 0.3) is 0 Å². The molecular formula is C12H17N5. The summed E-state index contributed by atoms with van der Waals surface area (Å²) in [5.74, 6) is 6.92. The van der Waals surface area contributed by atoms with Gasteiger partial charge in [-0.25, -0.2) is 5.84 Å². The molecule has 0 saturated heterocycles. The maximum absolute atomic E-state index is 5.90. The zero-order chi connectivity index (χ0) is 12.4. The van der Waals surface area contributed by atoms with E-state index in [0.717, 1.165) is 11.3 Å². The van der Waals surface area contributed by atoms with Gasteiger partial charge in [0, 0.05) is 25.0 Å². The van der Waals surface area contributed by atoms with Crippen LogP contribution in [-0.2, 0) is 0 Å². The second-order valence-electron chi connectivity index (χ2n) is 4.34. The first-order valence-electron chi connectivity index (χ1n) is 5.54. The van der Waals surface area contributed by atoms with E-state index in [1.807, 2.05) is 12.1 Å². The molecule has 1 fully saturated rings. The van der Waals surface area contributed by atoms with Crippen molar-refractivity contribution in [1.82, 2.24) is 5.01 Å². The number of anilines is 1. The fourth-order valence-corrected chi connectivity index (χ4v) is 1.86. The van der Waals surface area contributed by atoms with Gasteiger partial charge in [-0.3, -0.25) is 5.01 Å². The molecule has 1 aliphatic rings. The molecule has 0 spiro atoms. The highest BCUT2D eigenvalue weighted by molar-refractivity contribution is 5.99. The van der Waals surface area contributed by atoms with Gasteiger partial charge in [0.05, 0.1) is 0 Å². The van der Waals surface area contributed by atoms with E-state index in [2.05, 4.69) is 23.0 Å². The van der Waals surface area contributed by atoms with Gasteiger partial charge in [0.15, 0.2) is 5.84 Å². The number of nitrogens with two attached hydrogens (primary N) is 2. The molecule has 1 aromatic rings. The van der Waals surface area contributed by atoms with Gasteiger partial charge in [-0.15, -0.1) is 5.10 Å². The maximum Gasteiger partial charge on any atom is 0.172 e. The molecule has 0 heterocycles. The van der Waals surface area contributed by atoms with Crippen LogP contribution in [0.5, 0.6) is 0 Å². The number of amidine groups is 1. The maximum atomic E-state index is 5.90. The van der Waals surface area contributed by atoms with Crippen molar-refractivity contribution in [2.45, 2.75) is 18.8 Å². The molecular weight excluding hydrogens is 214 g/mol. The summed E-state index contributed by atoms with van der Waals surface area (Å²) in [5.41, 5.74) is 8.75. The highest BCUT2D eigenvalue weighted by Gasteiger charge is 2.24. The molecule has 1 aromatic carbocycles. The largest absolute Gasteiger partial charge is 0.399 e. The lowest BCUT2D eigenvalue weighted by atomic mass is 10.0. The molecule has 4 N–H and O–H groups in total. The van der Waals surface area contributed by atoms with Crippen molar-refractivity contribution < 1.29 is 0 Å². The van der Waals surface area contributed by atoms with Crippen LogP contribution in [0.15, 0.2) is 28.4 Å². The molecule has 0 amide bonds. The summed E-state index contributed by atoms with van der Waals surface area (Å²) in [7, 11) is 1.71. The quantitative estimate of drug-likeness (QED) is 0.270. The van der Waals surface area contributed by atoms with Crippen LogP contribution in [0.2, 0.25) is 0 Å². The molecule has 2 rings (SSSR count). The number of hydrogen-bond donors (Lipinski definition) is 2. The van der Waals surface area contributed by atoms with Crippen LogP contribution in [0.4, 0.5) is 5.69 Å². The molecule has 1 saturated carbocycles. The van der Waals surface area contributed by atoms with Crippen molar-refractivity contribution >= 4 is 18.2 Å². The predicted molar refractivity (Wildman–Crippen MR) is 70.9 cm³/mol. The van der Waals surface area contributed by atoms with Crippen LogP contribution in [0.3, 0.4) is 0 Å². The van der Waals surface area contributed by atoms with E-state index < -0.39 is 0 Å². The monoisotopic (exact) mass is 231 g/mol. The van der Waals surface area contributed by atoms with Crippen LogP contribution in [0, 0.1) is 0 Å². The summed E-state index contributed by atoms with van der Waals surface area (Å²) in [5, 5.41) is 8.88. The van der Waals surface area contributed by atoms with Gasteiger partial charge in [0.2, 0.25) is 0 Å². The second-order valence-corrected chi connectivity index (χ2v) is 4.34.